The highest BCUT2D eigenvalue weighted by Gasteiger charge is 2.07. The summed E-state index contributed by atoms with van der Waals surface area (Å²) in [5.41, 5.74) is 1.40. The summed E-state index contributed by atoms with van der Waals surface area (Å²) in [5.74, 6) is -0.357. The van der Waals surface area contributed by atoms with Crippen LogP contribution in [0.1, 0.15) is 16.2 Å². The van der Waals surface area contributed by atoms with Gasteiger partial charge in [0.1, 0.15) is 5.69 Å². The van der Waals surface area contributed by atoms with Crippen LogP contribution in [0.25, 0.3) is 0 Å². The minimum absolute atomic E-state index is 0.357. The Labute approximate surface area is 107 Å². The van der Waals surface area contributed by atoms with Crippen LogP contribution in [-0.2, 0) is 20.8 Å². The van der Waals surface area contributed by atoms with Gasteiger partial charge < -0.3 is 24.5 Å². The molecule has 1 aromatic rings. The Balaban J connectivity index is 2.12. The molecule has 0 amide bonds. The molecule has 1 heterocycles. The zero-order chi connectivity index (χ0) is 13.2. The fraction of sp³-hybridized carbons (Fsp3) is 0.583. The highest BCUT2D eigenvalue weighted by atomic mass is 16.5. The van der Waals surface area contributed by atoms with Gasteiger partial charge in [-0.2, -0.15) is 0 Å². The quantitative estimate of drug-likeness (QED) is 0.499. The van der Waals surface area contributed by atoms with Gasteiger partial charge in [-0.3, -0.25) is 0 Å². The number of hydrogen-bond donors (Lipinski definition) is 2. The molecule has 0 unspecified atom stereocenters. The van der Waals surface area contributed by atoms with Crippen LogP contribution in [-0.4, -0.2) is 51.5 Å². The van der Waals surface area contributed by atoms with Gasteiger partial charge in [0.2, 0.25) is 0 Å². The molecule has 18 heavy (non-hydrogen) atoms. The fourth-order valence-corrected chi connectivity index (χ4v) is 1.38. The molecule has 0 bridgehead atoms. The third kappa shape index (κ3) is 5.31. The first-order valence-corrected chi connectivity index (χ1v) is 5.81. The topological polar surface area (TPSA) is 72.6 Å². The van der Waals surface area contributed by atoms with Gasteiger partial charge in [-0.15, -0.1) is 0 Å². The molecule has 1 rings (SSSR count). The molecule has 0 aliphatic rings. The molecule has 0 saturated heterocycles. The smallest absolute Gasteiger partial charge is 0.354 e. The highest BCUT2D eigenvalue weighted by molar-refractivity contribution is 5.87. The average molecular weight is 256 g/mol. The number of methoxy groups -OCH3 is 2. The Morgan fingerprint density at radius 3 is 2.83 bits per heavy atom. The number of rotatable bonds is 9. The molecule has 0 aliphatic heterocycles. The molecule has 0 saturated carbocycles. The molecule has 0 aliphatic carbocycles. The summed E-state index contributed by atoms with van der Waals surface area (Å²) in [4.78, 5) is 14.2. The van der Waals surface area contributed by atoms with Gasteiger partial charge >= 0.3 is 5.97 Å². The van der Waals surface area contributed by atoms with E-state index in [1.165, 1.54) is 7.11 Å². The van der Waals surface area contributed by atoms with E-state index in [1.807, 2.05) is 6.07 Å². The largest absolute Gasteiger partial charge is 0.464 e. The SMILES string of the molecule is COCCOCCNCc1ccc(C(=O)OC)[nH]1. The maximum absolute atomic E-state index is 11.2. The van der Waals surface area contributed by atoms with Gasteiger partial charge in [-0.05, 0) is 12.1 Å². The fourth-order valence-electron chi connectivity index (χ4n) is 1.38. The standard InChI is InChI=1S/C12H20N2O4/c1-16-7-8-18-6-5-13-9-10-3-4-11(14-10)12(15)17-2/h3-4,13-14H,5-9H2,1-2H3. The number of H-pyrrole nitrogens is 1. The van der Waals surface area contributed by atoms with Gasteiger partial charge in [-0.25, -0.2) is 4.79 Å². The van der Waals surface area contributed by atoms with Gasteiger partial charge in [0.25, 0.3) is 0 Å². The maximum Gasteiger partial charge on any atom is 0.354 e. The number of ether oxygens (including phenoxy) is 3. The van der Waals surface area contributed by atoms with Crippen LogP contribution < -0.4 is 5.32 Å². The van der Waals surface area contributed by atoms with Crippen LogP contribution in [0.15, 0.2) is 12.1 Å². The predicted molar refractivity (Wildman–Crippen MR) is 66.5 cm³/mol. The van der Waals surface area contributed by atoms with Crippen molar-refractivity contribution >= 4 is 5.97 Å². The molecule has 6 nitrogen and oxygen atoms in total. The number of hydrogen-bond acceptors (Lipinski definition) is 5. The molecular formula is C12H20N2O4. The lowest BCUT2D eigenvalue weighted by atomic mass is 10.4. The van der Waals surface area contributed by atoms with E-state index in [9.17, 15) is 4.79 Å². The van der Waals surface area contributed by atoms with Crippen LogP contribution in [0, 0.1) is 0 Å². The van der Waals surface area contributed by atoms with Crippen LogP contribution in [0.4, 0.5) is 0 Å². The Morgan fingerprint density at radius 2 is 2.11 bits per heavy atom. The van der Waals surface area contributed by atoms with E-state index in [0.29, 0.717) is 32.1 Å². The first kappa shape index (κ1) is 14.7. The highest BCUT2D eigenvalue weighted by Crippen LogP contribution is 2.02. The number of aromatic nitrogens is 1. The first-order valence-electron chi connectivity index (χ1n) is 5.81. The van der Waals surface area contributed by atoms with Crippen LogP contribution >= 0.6 is 0 Å². The van der Waals surface area contributed by atoms with E-state index in [-0.39, 0.29) is 5.97 Å². The van der Waals surface area contributed by atoms with Crippen molar-refractivity contribution in [2.24, 2.45) is 0 Å². The zero-order valence-corrected chi connectivity index (χ0v) is 10.8. The molecule has 0 spiro atoms. The summed E-state index contributed by atoms with van der Waals surface area (Å²) in [6, 6.07) is 3.56. The third-order valence-electron chi connectivity index (χ3n) is 2.32. The number of aromatic amines is 1. The second-order valence-electron chi connectivity index (χ2n) is 3.67. The summed E-state index contributed by atoms with van der Waals surface area (Å²) in [7, 11) is 3.00. The zero-order valence-electron chi connectivity index (χ0n) is 10.8. The van der Waals surface area contributed by atoms with E-state index < -0.39 is 0 Å². The number of carbonyl (C=O) groups excluding carboxylic acids is 1. The summed E-state index contributed by atoms with van der Waals surface area (Å²) < 4.78 is 14.8. The van der Waals surface area contributed by atoms with Gasteiger partial charge in [0.05, 0.1) is 26.9 Å². The van der Waals surface area contributed by atoms with Crippen molar-refractivity contribution in [3.8, 4) is 0 Å². The molecule has 0 fully saturated rings. The van der Waals surface area contributed by atoms with Gasteiger partial charge in [-0.1, -0.05) is 0 Å². The van der Waals surface area contributed by atoms with Crippen molar-refractivity contribution in [2.45, 2.75) is 6.54 Å². The number of esters is 1. The Bertz CT molecular complexity index is 352. The Hall–Kier alpha value is -1.37. The molecule has 6 heteroatoms. The first-order chi connectivity index (χ1) is 8.77. The van der Waals surface area contributed by atoms with Gasteiger partial charge in [0.15, 0.2) is 0 Å². The van der Waals surface area contributed by atoms with Crippen LogP contribution in [0.3, 0.4) is 0 Å². The van der Waals surface area contributed by atoms with Crippen LogP contribution in [0.5, 0.6) is 0 Å². The summed E-state index contributed by atoms with van der Waals surface area (Å²) in [5, 5.41) is 3.20. The van der Waals surface area contributed by atoms with E-state index in [1.54, 1.807) is 13.2 Å². The third-order valence-corrected chi connectivity index (χ3v) is 2.32. The van der Waals surface area contributed by atoms with E-state index >= 15 is 0 Å². The van der Waals surface area contributed by atoms with Crippen molar-refractivity contribution in [3.05, 3.63) is 23.5 Å². The Kier molecular flexibility index (Phi) is 7.09. The summed E-state index contributed by atoms with van der Waals surface area (Å²) >= 11 is 0. The lowest BCUT2D eigenvalue weighted by molar-refractivity contribution is 0.0594. The molecule has 0 atom stereocenters. The second-order valence-corrected chi connectivity index (χ2v) is 3.67. The maximum atomic E-state index is 11.2. The summed E-state index contributed by atoms with van der Waals surface area (Å²) in [6.07, 6.45) is 0. The molecule has 2 N–H and O–H groups in total. The lowest BCUT2D eigenvalue weighted by Gasteiger charge is -2.04. The summed E-state index contributed by atoms with van der Waals surface area (Å²) in [6.45, 7) is 3.25. The van der Waals surface area contributed by atoms with Gasteiger partial charge in [0, 0.05) is 25.9 Å². The second kappa shape index (κ2) is 8.68. The van der Waals surface area contributed by atoms with Crippen molar-refractivity contribution in [1.29, 1.82) is 0 Å². The van der Waals surface area contributed by atoms with Crippen molar-refractivity contribution in [3.63, 3.8) is 0 Å². The number of carbonyl (C=O) groups is 1. The van der Waals surface area contributed by atoms with E-state index in [0.717, 1.165) is 12.2 Å². The average Bonchev–Trinajstić information content (AvgIpc) is 2.85. The normalized spacial score (nSPS) is 10.6. The van der Waals surface area contributed by atoms with Crippen molar-refractivity contribution in [2.75, 3.05) is 40.6 Å². The van der Waals surface area contributed by atoms with E-state index in [4.69, 9.17) is 9.47 Å². The Morgan fingerprint density at radius 1 is 1.28 bits per heavy atom. The minimum Gasteiger partial charge on any atom is -0.464 e. The monoisotopic (exact) mass is 256 g/mol. The van der Waals surface area contributed by atoms with E-state index in [2.05, 4.69) is 15.0 Å². The van der Waals surface area contributed by atoms with Crippen molar-refractivity contribution < 1.29 is 19.0 Å². The number of nitrogens with one attached hydrogen (secondary N) is 2. The van der Waals surface area contributed by atoms with Crippen molar-refractivity contribution in [1.82, 2.24) is 10.3 Å². The lowest BCUT2D eigenvalue weighted by Crippen LogP contribution is -2.20. The van der Waals surface area contributed by atoms with Crippen LogP contribution in [0.2, 0.25) is 0 Å². The molecular weight excluding hydrogens is 236 g/mol. The predicted octanol–water partition coefficient (Wildman–Crippen LogP) is 0.554. The minimum atomic E-state index is -0.357. The molecule has 0 aromatic carbocycles. The molecule has 1 aromatic heterocycles. The molecule has 0 radical (unpaired) electrons. The molecule has 102 valence electrons.